The quantitative estimate of drug-likeness (QED) is 0.607. The van der Waals surface area contributed by atoms with Gasteiger partial charge in [0.2, 0.25) is 0 Å². The maximum absolute atomic E-state index is 11.4. The first kappa shape index (κ1) is 14.3. The van der Waals surface area contributed by atoms with Crippen molar-refractivity contribution in [1.82, 2.24) is 4.90 Å². The molecule has 0 atom stereocenters. The Balaban J connectivity index is 2.31. The number of likely N-dealkylation sites (N-methyl/N-ethyl adjacent to an activating group) is 1. The highest BCUT2D eigenvalue weighted by Crippen LogP contribution is 2.01. The van der Waals surface area contributed by atoms with Gasteiger partial charge in [-0.3, -0.25) is 4.79 Å². The van der Waals surface area contributed by atoms with Crippen molar-refractivity contribution in [3.05, 3.63) is 35.9 Å². The molecule has 0 radical (unpaired) electrons. The molecular formula is C12H14ClNO4. The molecule has 0 heterocycles. The highest BCUT2D eigenvalue weighted by molar-refractivity contribution is 6.17. The molecule has 18 heavy (non-hydrogen) atoms. The molecular weight excluding hydrogens is 258 g/mol. The first-order valence-corrected chi connectivity index (χ1v) is 5.80. The van der Waals surface area contributed by atoms with Crippen molar-refractivity contribution < 1.29 is 19.1 Å². The summed E-state index contributed by atoms with van der Waals surface area (Å²) in [6, 6.07) is 9.03. The third kappa shape index (κ3) is 5.05. The molecule has 0 bridgehead atoms. The van der Waals surface area contributed by atoms with E-state index in [0.717, 1.165) is 10.5 Å². The maximum atomic E-state index is 11.4. The number of alkyl halides is 1. The van der Waals surface area contributed by atoms with Gasteiger partial charge in [0, 0.05) is 7.05 Å². The molecule has 1 amide bonds. The monoisotopic (exact) mass is 271 g/mol. The van der Waals surface area contributed by atoms with Crippen LogP contribution in [0, 0.1) is 0 Å². The van der Waals surface area contributed by atoms with Crippen LogP contribution in [0.4, 0.5) is 4.79 Å². The third-order valence-corrected chi connectivity index (χ3v) is 2.21. The first-order chi connectivity index (χ1) is 8.63. The average Bonchev–Trinajstić information content (AvgIpc) is 2.38. The Morgan fingerprint density at radius 1 is 1.22 bits per heavy atom. The molecule has 98 valence electrons. The molecule has 0 unspecified atom stereocenters. The van der Waals surface area contributed by atoms with E-state index < -0.39 is 12.1 Å². The number of hydrogen-bond acceptors (Lipinski definition) is 4. The molecule has 0 saturated heterocycles. The largest absolute Gasteiger partial charge is 0.459 e. The Morgan fingerprint density at radius 2 is 1.89 bits per heavy atom. The summed E-state index contributed by atoms with van der Waals surface area (Å²) in [6.45, 7) is 0.000618. The van der Waals surface area contributed by atoms with E-state index in [-0.39, 0.29) is 19.2 Å². The van der Waals surface area contributed by atoms with Gasteiger partial charge in [-0.2, -0.15) is 0 Å². The third-order valence-electron chi connectivity index (χ3n) is 2.10. The fourth-order valence-corrected chi connectivity index (χ4v) is 1.29. The van der Waals surface area contributed by atoms with E-state index in [1.165, 1.54) is 7.05 Å². The summed E-state index contributed by atoms with van der Waals surface area (Å²) in [7, 11) is 1.43. The van der Waals surface area contributed by atoms with E-state index in [1.807, 2.05) is 30.3 Å². The lowest BCUT2D eigenvalue weighted by atomic mass is 10.2. The number of rotatable bonds is 5. The molecule has 0 aliphatic rings. The van der Waals surface area contributed by atoms with Crippen LogP contribution < -0.4 is 0 Å². The normalized spacial score (nSPS) is 9.67. The van der Waals surface area contributed by atoms with Gasteiger partial charge in [0.05, 0.1) is 0 Å². The maximum Gasteiger partial charge on any atom is 0.411 e. The predicted molar refractivity (Wildman–Crippen MR) is 66.1 cm³/mol. The lowest BCUT2D eigenvalue weighted by Crippen LogP contribution is -2.33. The smallest absolute Gasteiger partial charge is 0.411 e. The fourth-order valence-electron chi connectivity index (χ4n) is 1.20. The molecule has 1 aromatic carbocycles. The van der Waals surface area contributed by atoms with Gasteiger partial charge in [-0.05, 0) is 5.56 Å². The van der Waals surface area contributed by atoms with E-state index in [1.54, 1.807) is 0 Å². The standard InChI is InChI=1S/C12H14ClNO4/c1-14(12(16)18-9-13)7-11(15)17-8-10-5-3-2-4-6-10/h2-6H,7-9H2,1H3. The van der Waals surface area contributed by atoms with Crippen LogP contribution >= 0.6 is 11.6 Å². The lowest BCUT2D eigenvalue weighted by Gasteiger charge is -2.14. The van der Waals surface area contributed by atoms with Crippen LogP contribution in [0.1, 0.15) is 5.56 Å². The molecule has 1 aromatic rings. The summed E-state index contributed by atoms with van der Waals surface area (Å²) in [6.07, 6.45) is -0.665. The van der Waals surface area contributed by atoms with E-state index in [4.69, 9.17) is 16.3 Å². The van der Waals surface area contributed by atoms with Crippen molar-refractivity contribution in [3.8, 4) is 0 Å². The summed E-state index contributed by atoms with van der Waals surface area (Å²) in [5, 5.41) is 0. The summed E-state index contributed by atoms with van der Waals surface area (Å²) in [5.74, 6) is -0.507. The van der Waals surface area contributed by atoms with Crippen LogP contribution in [0.15, 0.2) is 30.3 Å². The number of halogens is 1. The topological polar surface area (TPSA) is 55.8 Å². The number of amides is 1. The highest BCUT2D eigenvalue weighted by Gasteiger charge is 2.14. The second-order valence-corrected chi connectivity index (χ2v) is 3.74. The average molecular weight is 272 g/mol. The van der Waals surface area contributed by atoms with Crippen LogP contribution in [0.3, 0.4) is 0 Å². The summed E-state index contributed by atoms with van der Waals surface area (Å²) < 4.78 is 9.52. The zero-order chi connectivity index (χ0) is 13.4. The van der Waals surface area contributed by atoms with Crippen LogP contribution in [-0.4, -0.2) is 36.6 Å². The number of carbonyl (C=O) groups excluding carboxylic acids is 2. The first-order valence-electron chi connectivity index (χ1n) is 5.27. The predicted octanol–water partition coefficient (Wildman–Crippen LogP) is 1.99. The Kier molecular flexibility index (Phi) is 6.00. The Bertz CT molecular complexity index is 396. The Hall–Kier alpha value is -1.75. The number of ether oxygens (including phenoxy) is 2. The van der Waals surface area contributed by atoms with Gasteiger partial charge in [0.1, 0.15) is 13.2 Å². The van der Waals surface area contributed by atoms with Crippen molar-refractivity contribution in [2.75, 3.05) is 19.7 Å². The van der Waals surface area contributed by atoms with Crippen LogP contribution in [0.25, 0.3) is 0 Å². The molecule has 0 spiro atoms. The molecule has 5 nitrogen and oxygen atoms in total. The molecule has 1 rings (SSSR count). The van der Waals surface area contributed by atoms with Crippen LogP contribution in [0.2, 0.25) is 0 Å². The van der Waals surface area contributed by atoms with Gasteiger partial charge in [-0.15, -0.1) is 0 Å². The number of hydrogen-bond donors (Lipinski definition) is 0. The van der Waals surface area contributed by atoms with E-state index >= 15 is 0 Å². The minimum atomic E-state index is -0.665. The van der Waals surface area contributed by atoms with Gasteiger partial charge in [0.15, 0.2) is 6.07 Å². The van der Waals surface area contributed by atoms with Gasteiger partial charge in [-0.1, -0.05) is 41.9 Å². The van der Waals surface area contributed by atoms with Crippen LogP contribution in [0.5, 0.6) is 0 Å². The Morgan fingerprint density at radius 3 is 2.50 bits per heavy atom. The molecule has 0 aliphatic heterocycles. The van der Waals surface area contributed by atoms with E-state index in [2.05, 4.69) is 4.74 Å². The molecule has 0 N–H and O–H groups in total. The summed E-state index contributed by atoms with van der Waals surface area (Å²) in [5.41, 5.74) is 0.886. The second kappa shape index (κ2) is 7.55. The minimum Gasteiger partial charge on any atom is -0.459 e. The van der Waals surface area contributed by atoms with Crippen molar-refractivity contribution in [2.24, 2.45) is 0 Å². The summed E-state index contributed by atoms with van der Waals surface area (Å²) in [4.78, 5) is 23.7. The zero-order valence-corrected chi connectivity index (χ0v) is 10.7. The minimum absolute atomic E-state index is 0.178. The van der Waals surface area contributed by atoms with Crippen LogP contribution in [-0.2, 0) is 20.9 Å². The Labute approximate surface area is 110 Å². The number of benzene rings is 1. The van der Waals surface area contributed by atoms with Gasteiger partial charge in [-0.25, -0.2) is 4.79 Å². The van der Waals surface area contributed by atoms with Crippen molar-refractivity contribution >= 4 is 23.7 Å². The summed E-state index contributed by atoms with van der Waals surface area (Å²) >= 11 is 5.23. The lowest BCUT2D eigenvalue weighted by molar-refractivity contribution is -0.145. The van der Waals surface area contributed by atoms with Crippen molar-refractivity contribution in [2.45, 2.75) is 6.61 Å². The number of esters is 1. The molecule has 0 aromatic heterocycles. The number of nitrogens with zero attached hydrogens (tertiary/aromatic N) is 1. The second-order valence-electron chi connectivity index (χ2n) is 3.52. The molecule has 0 aliphatic carbocycles. The SMILES string of the molecule is CN(CC(=O)OCc1ccccc1)C(=O)OCCl. The van der Waals surface area contributed by atoms with Gasteiger partial charge >= 0.3 is 12.1 Å². The van der Waals surface area contributed by atoms with E-state index in [0.29, 0.717) is 0 Å². The molecule has 0 saturated carbocycles. The molecule has 0 fully saturated rings. The van der Waals surface area contributed by atoms with E-state index in [9.17, 15) is 9.59 Å². The fraction of sp³-hybridized carbons (Fsp3) is 0.333. The van der Waals surface area contributed by atoms with Crippen molar-refractivity contribution in [1.29, 1.82) is 0 Å². The van der Waals surface area contributed by atoms with Gasteiger partial charge in [0.25, 0.3) is 0 Å². The molecule has 6 heteroatoms. The number of carbonyl (C=O) groups is 2. The highest BCUT2D eigenvalue weighted by atomic mass is 35.5. The van der Waals surface area contributed by atoms with Gasteiger partial charge < -0.3 is 14.4 Å². The zero-order valence-electron chi connectivity index (χ0n) is 9.97. The van der Waals surface area contributed by atoms with Crippen molar-refractivity contribution in [3.63, 3.8) is 0 Å².